The fraction of sp³-hybridized carbons (Fsp3) is 0.714. The molecule has 0 aliphatic heterocycles. The summed E-state index contributed by atoms with van der Waals surface area (Å²) in [5.74, 6) is -1.23. The summed E-state index contributed by atoms with van der Waals surface area (Å²) in [5, 5.41) is 17.4. The number of esters is 1. The highest BCUT2D eigenvalue weighted by atomic mass is 32.1. The monoisotopic (exact) mass is 453 g/mol. The second-order valence-electron chi connectivity index (χ2n) is 9.46. The van der Waals surface area contributed by atoms with Crippen LogP contribution in [0.25, 0.3) is 0 Å². The molecule has 0 spiro atoms. The van der Waals surface area contributed by atoms with Crippen LogP contribution >= 0.6 is 11.3 Å². The van der Waals surface area contributed by atoms with Gasteiger partial charge in [-0.15, -0.1) is 11.3 Å². The first-order valence-electron chi connectivity index (χ1n) is 10.5. The third kappa shape index (κ3) is 5.17. The summed E-state index contributed by atoms with van der Waals surface area (Å²) in [5.41, 5.74) is -0.643. The normalized spacial score (nSPS) is 26.1. The Labute approximate surface area is 185 Å². The third-order valence-corrected chi connectivity index (χ3v) is 7.27. The van der Waals surface area contributed by atoms with E-state index < -0.39 is 30.1 Å². The minimum atomic E-state index is -1.12. The van der Waals surface area contributed by atoms with Gasteiger partial charge in [-0.2, -0.15) is 0 Å². The van der Waals surface area contributed by atoms with E-state index >= 15 is 0 Å². The first-order chi connectivity index (χ1) is 14.5. The molecule has 0 unspecified atom stereocenters. The summed E-state index contributed by atoms with van der Waals surface area (Å²) in [6.07, 6.45) is 4.75. The SMILES string of the molecule is COC(=O)[C@H](CO)NC(=O)c1csc(C23CCC(NC(=O)OC(C)(C)C)(CC2)CC3)n1. The third-order valence-electron chi connectivity index (χ3n) is 6.18. The van der Waals surface area contributed by atoms with E-state index in [1.807, 2.05) is 20.8 Å². The molecule has 9 nitrogen and oxygen atoms in total. The smallest absolute Gasteiger partial charge is 0.408 e. The summed E-state index contributed by atoms with van der Waals surface area (Å²) in [4.78, 5) is 40.9. The molecule has 3 N–H and O–H groups in total. The lowest BCUT2D eigenvalue weighted by Crippen LogP contribution is -2.58. The molecule has 2 bridgehead atoms. The number of rotatable bonds is 6. The van der Waals surface area contributed by atoms with Crippen molar-refractivity contribution < 1.29 is 29.0 Å². The maximum atomic E-state index is 12.5. The second kappa shape index (κ2) is 8.74. The highest BCUT2D eigenvalue weighted by Gasteiger charge is 2.51. The Kier molecular flexibility index (Phi) is 6.61. The van der Waals surface area contributed by atoms with Gasteiger partial charge < -0.3 is 25.2 Å². The Morgan fingerprint density at radius 1 is 1.19 bits per heavy atom. The Balaban J connectivity index is 1.64. The molecule has 0 radical (unpaired) electrons. The predicted octanol–water partition coefficient (Wildman–Crippen LogP) is 2.28. The van der Waals surface area contributed by atoms with Crippen molar-refractivity contribution in [3.63, 3.8) is 0 Å². The largest absolute Gasteiger partial charge is 0.467 e. The Hall–Kier alpha value is -2.20. The number of aliphatic hydroxyl groups is 1. The quantitative estimate of drug-likeness (QED) is 0.564. The summed E-state index contributed by atoms with van der Waals surface area (Å²) < 4.78 is 10.0. The fourth-order valence-electron chi connectivity index (χ4n) is 4.39. The lowest BCUT2D eigenvalue weighted by molar-refractivity contribution is -0.143. The first-order valence-corrected chi connectivity index (χ1v) is 11.4. The highest BCUT2D eigenvalue weighted by molar-refractivity contribution is 7.10. The van der Waals surface area contributed by atoms with E-state index in [9.17, 15) is 19.5 Å². The molecule has 3 saturated carbocycles. The van der Waals surface area contributed by atoms with E-state index in [0.717, 1.165) is 43.5 Å². The molecule has 3 aliphatic carbocycles. The van der Waals surface area contributed by atoms with Gasteiger partial charge in [0.1, 0.15) is 11.3 Å². The van der Waals surface area contributed by atoms with E-state index in [1.54, 1.807) is 5.38 Å². The molecule has 1 heterocycles. The van der Waals surface area contributed by atoms with Crippen LogP contribution < -0.4 is 10.6 Å². The number of hydrogen-bond donors (Lipinski definition) is 3. The summed E-state index contributed by atoms with van der Waals surface area (Å²) >= 11 is 1.44. The molecule has 1 aromatic rings. The number of carbonyl (C=O) groups is 3. The number of amides is 2. The second-order valence-corrected chi connectivity index (χ2v) is 10.3. The van der Waals surface area contributed by atoms with Crippen LogP contribution in [0.15, 0.2) is 5.38 Å². The molecule has 10 heteroatoms. The van der Waals surface area contributed by atoms with Gasteiger partial charge in [0.15, 0.2) is 6.04 Å². The minimum absolute atomic E-state index is 0.0979. The average Bonchev–Trinajstić information content (AvgIpc) is 3.22. The van der Waals surface area contributed by atoms with Gasteiger partial charge in [0.05, 0.1) is 18.7 Å². The molecule has 0 aromatic carbocycles. The molecule has 0 saturated heterocycles. The molecule has 2 amide bonds. The molecular weight excluding hydrogens is 422 g/mol. The molecule has 4 rings (SSSR count). The average molecular weight is 454 g/mol. The number of aromatic nitrogens is 1. The van der Waals surface area contributed by atoms with Gasteiger partial charge in [-0.1, -0.05) is 0 Å². The number of nitrogens with one attached hydrogen (secondary N) is 2. The van der Waals surface area contributed by atoms with Crippen LogP contribution in [0.5, 0.6) is 0 Å². The van der Waals surface area contributed by atoms with E-state index in [-0.39, 0.29) is 22.7 Å². The van der Waals surface area contributed by atoms with Crippen molar-refractivity contribution >= 4 is 29.3 Å². The number of carbonyl (C=O) groups excluding carboxylic acids is 3. The van der Waals surface area contributed by atoms with Crippen LogP contribution in [0.2, 0.25) is 0 Å². The van der Waals surface area contributed by atoms with Crippen LogP contribution in [-0.2, 0) is 19.7 Å². The van der Waals surface area contributed by atoms with Crippen molar-refractivity contribution in [1.29, 1.82) is 0 Å². The molecular formula is C21H31N3O6S. The van der Waals surface area contributed by atoms with E-state index in [2.05, 4.69) is 20.4 Å². The van der Waals surface area contributed by atoms with Gasteiger partial charge in [0.2, 0.25) is 0 Å². The number of ether oxygens (including phenoxy) is 2. The maximum Gasteiger partial charge on any atom is 0.408 e. The lowest BCUT2D eigenvalue weighted by atomic mass is 9.57. The van der Waals surface area contributed by atoms with Crippen molar-refractivity contribution in [3.8, 4) is 0 Å². The summed E-state index contributed by atoms with van der Waals surface area (Å²) in [6, 6.07) is -1.12. The topological polar surface area (TPSA) is 127 Å². The van der Waals surface area contributed by atoms with Crippen molar-refractivity contribution in [3.05, 3.63) is 16.1 Å². The number of hydrogen-bond acceptors (Lipinski definition) is 8. The summed E-state index contributed by atoms with van der Waals surface area (Å²) in [7, 11) is 1.20. The molecule has 3 aliphatic rings. The van der Waals surface area contributed by atoms with Crippen molar-refractivity contribution in [2.45, 2.75) is 81.9 Å². The number of methoxy groups -OCH3 is 1. The van der Waals surface area contributed by atoms with E-state index in [0.29, 0.717) is 0 Å². The number of aliphatic hydroxyl groups excluding tert-OH is 1. The number of nitrogens with zero attached hydrogens (tertiary/aromatic N) is 1. The Bertz CT molecular complexity index is 822. The number of fused-ring (bicyclic) bond motifs is 3. The van der Waals surface area contributed by atoms with Crippen LogP contribution in [0.4, 0.5) is 4.79 Å². The lowest BCUT2D eigenvalue weighted by Gasteiger charge is -2.52. The van der Waals surface area contributed by atoms with Gasteiger partial charge in [-0.3, -0.25) is 4.79 Å². The zero-order valence-electron chi connectivity index (χ0n) is 18.4. The van der Waals surface area contributed by atoms with Crippen LogP contribution in [0, 0.1) is 0 Å². The standard InChI is InChI=1S/C21H31N3O6S/c1-19(2,3)30-18(28)24-21-8-5-20(6-9-21,7-10-21)17-23-14(12-31-17)15(26)22-13(11-25)16(27)29-4/h12-13,25H,5-11H2,1-4H3,(H,22,26)(H,24,28)/t13-,20?,21?/m0/s1. The number of alkyl carbamates (subject to hydrolysis) is 1. The summed E-state index contributed by atoms with van der Waals surface area (Å²) in [6.45, 7) is 5.00. The zero-order valence-corrected chi connectivity index (χ0v) is 19.3. The van der Waals surface area contributed by atoms with Crippen LogP contribution in [0.3, 0.4) is 0 Å². The van der Waals surface area contributed by atoms with Gasteiger partial charge >= 0.3 is 12.1 Å². The molecule has 3 fully saturated rings. The van der Waals surface area contributed by atoms with Crippen LogP contribution in [-0.4, -0.2) is 59.0 Å². The van der Waals surface area contributed by atoms with Crippen LogP contribution in [0.1, 0.15) is 74.8 Å². The van der Waals surface area contributed by atoms with Crippen molar-refractivity contribution in [2.75, 3.05) is 13.7 Å². The Morgan fingerprint density at radius 3 is 2.32 bits per heavy atom. The van der Waals surface area contributed by atoms with Crippen molar-refractivity contribution in [2.24, 2.45) is 0 Å². The van der Waals surface area contributed by atoms with Gasteiger partial charge in [0.25, 0.3) is 5.91 Å². The van der Waals surface area contributed by atoms with Gasteiger partial charge in [-0.05, 0) is 59.3 Å². The molecule has 1 atom stereocenters. The predicted molar refractivity (Wildman–Crippen MR) is 114 cm³/mol. The zero-order chi connectivity index (χ0) is 22.9. The molecule has 31 heavy (non-hydrogen) atoms. The fourth-order valence-corrected chi connectivity index (χ4v) is 5.48. The minimum Gasteiger partial charge on any atom is -0.467 e. The Morgan fingerprint density at radius 2 is 1.81 bits per heavy atom. The van der Waals surface area contributed by atoms with E-state index in [4.69, 9.17) is 4.74 Å². The highest BCUT2D eigenvalue weighted by Crippen LogP contribution is 2.54. The van der Waals surface area contributed by atoms with Gasteiger partial charge in [-0.25, -0.2) is 14.6 Å². The van der Waals surface area contributed by atoms with E-state index in [1.165, 1.54) is 18.4 Å². The maximum absolute atomic E-state index is 12.5. The van der Waals surface area contributed by atoms with Crippen molar-refractivity contribution in [1.82, 2.24) is 15.6 Å². The number of thiazole rings is 1. The molecule has 172 valence electrons. The van der Waals surface area contributed by atoms with Gasteiger partial charge in [0, 0.05) is 16.3 Å². The molecule has 1 aromatic heterocycles. The first kappa shape index (κ1) is 23.5.